The van der Waals surface area contributed by atoms with E-state index in [-0.39, 0.29) is 11.3 Å². The molecule has 0 aliphatic rings. The summed E-state index contributed by atoms with van der Waals surface area (Å²) in [5.74, 6) is 0. The van der Waals surface area contributed by atoms with E-state index in [1.54, 1.807) is 0 Å². The third kappa shape index (κ3) is 2.28. The lowest BCUT2D eigenvalue weighted by atomic mass is 9.87. The minimum atomic E-state index is -4.64. The number of aliphatic hydroxyl groups excluding tert-OH is 1. The lowest BCUT2D eigenvalue weighted by Crippen LogP contribution is -2.51. The number of benzene rings is 1. The van der Waals surface area contributed by atoms with E-state index in [4.69, 9.17) is 16.6 Å². The van der Waals surface area contributed by atoms with Gasteiger partial charge in [-0.2, -0.15) is 13.2 Å². The van der Waals surface area contributed by atoms with Crippen molar-refractivity contribution in [2.45, 2.75) is 18.1 Å². The third-order valence-electron chi connectivity index (χ3n) is 2.41. The van der Waals surface area contributed by atoms with Crippen LogP contribution < -0.4 is 11.5 Å². The van der Waals surface area contributed by atoms with Gasteiger partial charge >= 0.3 is 6.18 Å². The summed E-state index contributed by atoms with van der Waals surface area (Å²) in [4.78, 5) is 0. The summed E-state index contributed by atoms with van der Waals surface area (Å²) < 4.78 is 38.5. The van der Waals surface area contributed by atoms with E-state index in [2.05, 4.69) is 0 Å². The first-order valence-corrected chi connectivity index (χ1v) is 4.64. The number of rotatable bonds is 3. The van der Waals surface area contributed by atoms with Gasteiger partial charge in [0.05, 0.1) is 0 Å². The van der Waals surface area contributed by atoms with Gasteiger partial charge in [0.1, 0.15) is 5.54 Å². The highest BCUT2D eigenvalue weighted by Crippen LogP contribution is 2.39. The van der Waals surface area contributed by atoms with E-state index in [1.807, 2.05) is 0 Å². The molecule has 5 N–H and O–H groups in total. The molecule has 0 saturated carbocycles. The van der Waals surface area contributed by atoms with Crippen molar-refractivity contribution < 1.29 is 18.3 Å². The molecular weight excluding hydrogens is 221 g/mol. The van der Waals surface area contributed by atoms with Crippen molar-refractivity contribution in [1.29, 1.82) is 0 Å². The smallest absolute Gasteiger partial charge is 0.399 e. The fourth-order valence-electron chi connectivity index (χ4n) is 1.44. The average Bonchev–Trinajstić information content (AvgIpc) is 2.16. The molecule has 0 saturated heterocycles. The Labute approximate surface area is 90.9 Å². The van der Waals surface area contributed by atoms with Crippen LogP contribution in [0.2, 0.25) is 0 Å². The number of halogens is 3. The SMILES string of the molecule is Nc1cccc(C(N)(CCO)C(F)(F)F)c1. The number of aliphatic hydroxyl groups is 1. The predicted octanol–water partition coefficient (Wildman–Crippen LogP) is 1.37. The molecule has 6 heteroatoms. The molecule has 1 aromatic rings. The zero-order valence-corrected chi connectivity index (χ0v) is 8.46. The number of nitrogen functional groups attached to an aromatic ring is 1. The molecule has 0 aliphatic carbocycles. The summed E-state index contributed by atoms with van der Waals surface area (Å²) in [7, 11) is 0. The first kappa shape index (κ1) is 12.8. The Morgan fingerprint density at radius 3 is 2.31 bits per heavy atom. The molecule has 1 atom stereocenters. The van der Waals surface area contributed by atoms with Gasteiger partial charge in [0.2, 0.25) is 0 Å². The van der Waals surface area contributed by atoms with Gasteiger partial charge in [0.25, 0.3) is 0 Å². The van der Waals surface area contributed by atoms with Crippen LogP contribution in [-0.2, 0) is 5.54 Å². The van der Waals surface area contributed by atoms with E-state index < -0.39 is 24.7 Å². The van der Waals surface area contributed by atoms with Crippen LogP contribution in [0.25, 0.3) is 0 Å². The number of nitrogens with two attached hydrogens (primary N) is 2. The highest BCUT2D eigenvalue weighted by atomic mass is 19.4. The van der Waals surface area contributed by atoms with Crippen molar-refractivity contribution in [3.63, 3.8) is 0 Å². The Bertz CT molecular complexity index is 367. The molecule has 90 valence electrons. The summed E-state index contributed by atoms with van der Waals surface area (Å²) in [5.41, 5.74) is 8.25. The van der Waals surface area contributed by atoms with Gasteiger partial charge < -0.3 is 16.6 Å². The van der Waals surface area contributed by atoms with E-state index in [1.165, 1.54) is 24.3 Å². The second kappa shape index (κ2) is 4.31. The topological polar surface area (TPSA) is 72.3 Å². The van der Waals surface area contributed by atoms with Crippen LogP contribution >= 0.6 is 0 Å². The van der Waals surface area contributed by atoms with Crippen molar-refractivity contribution in [3.8, 4) is 0 Å². The van der Waals surface area contributed by atoms with Crippen molar-refractivity contribution >= 4 is 5.69 Å². The molecule has 3 nitrogen and oxygen atoms in total. The van der Waals surface area contributed by atoms with Crippen LogP contribution in [0, 0.1) is 0 Å². The van der Waals surface area contributed by atoms with Gasteiger partial charge in [-0.1, -0.05) is 12.1 Å². The maximum atomic E-state index is 12.8. The number of hydrogen-bond acceptors (Lipinski definition) is 3. The molecule has 0 fully saturated rings. The first-order chi connectivity index (χ1) is 7.31. The Balaban J connectivity index is 3.21. The fourth-order valence-corrected chi connectivity index (χ4v) is 1.44. The molecule has 1 aromatic carbocycles. The van der Waals surface area contributed by atoms with Gasteiger partial charge in [-0.15, -0.1) is 0 Å². The average molecular weight is 234 g/mol. The van der Waals surface area contributed by atoms with Crippen LogP contribution in [0.5, 0.6) is 0 Å². The zero-order valence-electron chi connectivity index (χ0n) is 8.46. The number of anilines is 1. The maximum absolute atomic E-state index is 12.8. The van der Waals surface area contributed by atoms with E-state index in [0.29, 0.717) is 0 Å². The van der Waals surface area contributed by atoms with E-state index >= 15 is 0 Å². The van der Waals surface area contributed by atoms with Gasteiger partial charge in [-0.05, 0) is 17.7 Å². The second-order valence-electron chi connectivity index (χ2n) is 3.57. The summed E-state index contributed by atoms with van der Waals surface area (Å²) >= 11 is 0. The van der Waals surface area contributed by atoms with E-state index in [0.717, 1.165) is 0 Å². The minimum absolute atomic E-state index is 0.144. The minimum Gasteiger partial charge on any atom is -0.399 e. The molecule has 0 bridgehead atoms. The molecule has 0 aromatic heterocycles. The molecule has 0 spiro atoms. The van der Waals surface area contributed by atoms with Gasteiger partial charge in [0.15, 0.2) is 0 Å². The van der Waals surface area contributed by atoms with Gasteiger partial charge in [0, 0.05) is 18.7 Å². The fraction of sp³-hybridized carbons (Fsp3) is 0.400. The summed E-state index contributed by atoms with van der Waals surface area (Å²) in [6, 6.07) is 5.29. The van der Waals surface area contributed by atoms with Crippen molar-refractivity contribution in [1.82, 2.24) is 0 Å². The van der Waals surface area contributed by atoms with Crippen molar-refractivity contribution in [2.24, 2.45) is 5.73 Å². The van der Waals surface area contributed by atoms with Crippen LogP contribution in [0.1, 0.15) is 12.0 Å². The lowest BCUT2D eigenvalue weighted by Gasteiger charge is -2.31. The molecule has 0 aliphatic heterocycles. The standard InChI is InChI=1S/C10H13F3N2O/c11-10(12,13)9(15,4-5-16)7-2-1-3-8(14)6-7/h1-3,6,16H,4-5,14-15H2. The van der Waals surface area contributed by atoms with Crippen molar-refractivity contribution in [3.05, 3.63) is 29.8 Å². The normalized spacial score (nSPS) is 15.8. The lowest BCUT2D eigenvalue weighted by molar-refractivity contribution is -0.193. The zero-order chi connectivity index (χ0) is 12.4. The van der Waals surface area contributed by atoms with Crippen LogP contribution in [-0.4, -0.2) is 17.9 Å². The highest BCUT2D eigenvalue weighted by Gasteiger charge is 2.52. The number of alkyl halides is 3. The van der Waals surface area contributed by atoms with Crippen LogP contribution in [0.4, 0.5) is 18.9 Å². The summed E-state index contributed by atoms with van der Waals surface area (Å²) in [6.45, 7) is -0.648. The first-order valence-electron chi connectivity index (χ1n) is 4.64. The number of hydrogen-bond donors (Lipinski definition) is 3. The Hall–Kier alpha value is -1.27. The Morgan fingerprint density at radius 2 is 1.88 bits per heavy atom. The monoisotopic (exact) mass is 234 g/mol. The van der Waals surface area contributed by atoms with Crippen molar-refractivity contribution in [2.75, 3.05) is 12.3 Å². The predicted molar refractivity (Wildman–Crippen MR) is 54.5 cm³/mol. The maximum Gasteiger partial charge on any atom is 0.410 e. The van der Waals surface area contributed by atoms with Crippen LogP contribution in [0.15, 0.2) is 24.3 Å². The largest absolute Gasteiger partial charge is 0.410 e. The summed E-state index contributed by atoms with van der Waals surface area (Å²) in [5, 5.41) is 8.68. The molecule has 16 heavy (non-hydrogen) atoms. The van der Waals surface area contributed by atoms with Gasteiger partial charge in [-0.3, -0.25) is 0 Å². The molecule has 1 unspecified atom stereocenters. The molecular formula is C10H13F3N2O. The molecule has 0 radical (unpaired) electrons. The molecule has 0 amide bonds. The van der Waals surface area contributed by atoms with E-state index in [9.17, 15) is 13.2 Å². The van der Waals surface area contributed by atoms with Crippen LogP contribution in [0.3, 0.4) is 0 Å². The van der Waals surface area contributed by atoms with Gasteiger partial charge in [-0.25, -0.2) is 0 Å². The summed E-state index contributed by atoms with van der Waals surface area (Å²) in [6.07, 6.45) is -5.23. The molecule has 0 heterocycles. The molecule has 1 rings (SSSR count). The Kier molecular flexibility index (Phi) is 3.44. The quantitative estimate of drug-likeness (QED) is 0.691. The highest BCUT2D eigenvalue weighted by molar-refractivity contribution is 5.43. The second-order valence-corrected chi connectivity index (χ2v) is 3.57. The third-order valence-corrected chi connectivity index (χ3v) is 2.41. The Morgan fingerprint density at radius 1 is 1.25 bits per heavy atom.